The third-order valence-corrected chi connectivity index (χ3v) is 3.46. The van der Waals surface area contributed by atoms with Gasteiger partial charge in [-0.15, -0.1) is 11.3 Å². The van der Waals surface area contributed by atoms with Crippen LogP contribution in [0.1, 0.15) is 15.4 Å². The Hall–Kier alpha value is -2.12. The van der Waals surface area contributed by atoms with Crippen molar-refractivity contribution in [2.24, 2.45) is 0 Å². The van der Waals surface area contributed by atoms with Crippen molar-refractivity contribution in [3.63, 3.8) is 0 Å². The largest absolute Gasteiger partial charge is 0.459 e. The lowest BCUT2D eigenvalue weighted by Gasteiger charge is -2.12. The van der Waals surface area contributed by atoms with E-state index in [4.69, 9.17) is 4.42 Å². The highest BCUT2D eigenvalue weighted by molar-refractivity contribution is 7.09. The Morgan fingerprint density at radius 1 is 1.30 bits per heavy atom. The molecule has 0 aromatic carbocycles. The number of hydrogen-bond donors (Lipinski definition) is 3. The maximum atomic E-state index is 11.7. The first-order valence-corrected chi connectivity index (χ1v) is 6.99. The van der Waals surface area contributed by atoms with Gasteiger partial charge in [-0.2, -0.15) is 0 Å². The van der Waals surface area contributed by atoms with Gasteiger partial charge in [-0.05, 0) is 23.6 Å². The van der Waals surface area contributed by atoms with E-state index < -0.39 is 5.91 Å². The van der Waals surface area contributed by atoms with Crippen LogP contribution >= 0.6 is 11.3 Å². The van der Waals surface area contributed by atoms with Gasteiger partial charge in [0.15, 0.2) is 12.3 Å². The summed E-state index contributed by atoms with van der Waals surface area (Å²) in [5.74, 6) is -0.567. The lowest BCUT2D eigenvalue weighted by Crippen LogP contribution is -3.09. The van der Waals surface area contributed by atoms with Gasteiger partial charge < -0.3 is 9.32 Å². The molecule has 0 spiro atoms. The quantitative estimate of drug-likeness (QED) is 0.670. The molecule has 3 N–H and O–H groups in total. The van der Waals surface area contributed by atoms with Crippen molar-refractivity contribution in [1.29, 1.82) is 0 Å². The van der Waals surface area contributed by atoms with Crippen molar-refractivity contribution in [3.05, 3.63) is 46.5 Å². The molecule has 0 saturated heterocycles. The number of thiophene rings is 1. The highest BCUT2D eigenvalue weighted by atomic mass is 32.1. The molecule has 6 nitrogen and oxygen atoms in total. The fraction of sp³-hybridized carbons (Fsp3) is 0.231. The first kappa shape index (κ1) is 14.3. The van der Waals surface area contributed by atoms with Crippen molar-refractivity contribution < 1.29 is 18.9 Å². The Kier molecular flexibility index (Phi) is 4.91. The number of likely N-dealkylation sites (N-methyl/N-ethyl adjacent to an activating group) is 1. The zero-order valence-corrected chi connectivity index (χ0v) is 11.8. The van der Waals surface area contributed by atoms with Crippen LogP contribution in [-0.4, -0.2) is 25.4 Å². The summed E-state index contributed by atoms with van der Waals surface area (Å²) in [6.45, 7) is 1.05. The number of carbonyl (C=O) groups is 2. The molecule has 0 radical (unpaired) electrons. The summed E-state index contributed by atoms with van der Waals surface area (Å²) in [7, 11) is 1.92. The Bertz CT molecular complexity index is 551. The average molecular weight is 294 g/mol. The number of amides is 2. The van der Waals surface area contributed by atoms with E-state index in [0.717, 1.165) is 11.4 Å². The van der Waals surface area contributed by atoms with Crippen LogP contribution in [0.4, 0.5) is 0 Å². The fourth-order valence-corrected chi connectivity index (χ4v) is 2.51. The third kappa shape index (κ3) is 4.22. The molecule has 2 aromatic rings. The number of nitrogens with one attached hydrogen (secondary N) is 3. The molecule has 2 rings (SSSR count). The molecule has 7 heteroatoms. The van der Waals surface area contributed by atoms with Gasteiger partial charge in [0, 0.05) is 0 Å². The minimum absolute atomic E-state index is 0.157. The zero-order chi connectivity index (χ0) is 14.4. The minimum atomic E-state index is -0.473. The van der Waals surface area contributed by atoms with Crippen LogP contribution < -0.4 is 15.8 Å². The van der Waals surface area contributed by atoms with Gasteiger partial charge in [-0.1, -0.05) is 6.07 Å². The van der Waals surface area contributed by atoms with E-state index in [9.17, 15) is 9.59 Å². The van der Waals surface area contributed by atoms with E-state index in [-0.39, 0.29) is 18.2 Å². The van der Waals surface area contributed by atoms with Gasteiger partial charge >= 0.3 is 5.91 Å². The summed E-state index contributed by atoms with van der Waals surface area (Å²) < 4.78 is 4.91. The van der Waals surface area contributed by atoms with Crippen molar-refractivity contribution in [1.82, 2.24) is 10.9 Å². The summed E-state index contributed by atoms with van der Waals surface area (Å²) in [5, 5.41) is 2.01. The van der Waals surface area contributed by atoms with Crippen molar-refractivity contribution >= 4 is 23.2 Å². The maximum Gasteiger partial charge on any atom is 0.305 e. The van der Waals surface area contributed by atoms with E-state index >= 15 is 0 Å². The average Bonchev–Trinajstić information content (AvgIpc) is 3.08. The van der Waals surface area contributed by atoms with Crippen molar-refractivity contribution in [2.45, 2.75) is 6.54 Å². The first-order valence-electron chi connectivity index (χ1n) is 6.11. The van der Waals surface area contributed by atoms with Crippen molar-refractivity contribution in [3.8, 4) is 0 Å². The van der Waals surface area contributed by atoms with Crippen LogP contribution in [0, 0.1) is 0 Å². The minimum Gasteiger partial charge on any atom is -0.459 e. The highest BCUT2D eigenvalue weighted by Crippen LogP contribution is 2.05. The zero-order valence-electron chi connectivity index (χ0n) is 11.0. The van der Waals surface area contributed by atoms with Gasteiger partial charge in [0.25, 0.3) is 5.91 Å². The molecule has 0 aliphatic rings. The standard InChI is InChI=1S/C13H15N3O3S/c1-16(8-10-4-3-7-20-10)9-12(17)14-15-13(18)11-5-2-6-19-11/h2-7H,8-9H2,1H3,(H,14,17)(H,15,18)/p+1. The molecule has 106 valence electrons. The van der Waals surface area contributed by atoms with Crippen LogP contribution in [0.15, 0.2) is 40.3 Å². The Labute approximate surface area is 120 Å². The smallest absolute Gasteiger partial charge is 0.305 e. The first-order chi connectivity index (χ1) is 9.65. The van der Waals surface area contributed by atoms with Crippen LogP contribution in [0.25, 0.3) is 0 Å². The molecule has 0 aliphatic carbocycles. The number of rotatable bonds is 5. The van der Waals surface area contributed by atoms with Gasteiger partial charge in [0.05, 0.1) is 18.2 Å². The second kappa shape index (κ2) is 6.88. The molecule has 1 unspecified atom stereocenters. The number of hydrazine groups is 1. The van der Waals surface area contributed by atoms with Crippen molar-refractivity contribution in [2.75, 3.05) is 13.6 Å². The molecule has 2 aromatic heterocycles. The third-order valence-electron chi connectivity index (χ3n) is 2.58. The maximum absolute atomic E-state index is 11.7. The van der Waals surface area contributed by atoms with E-state index in [1.807, 2.05) is 24.6 Å². The van der Waals surface area contributed by atoms with E-state index in [0.29, 0.717) is 0 Å². The molecule has 2 heterocycles. The molecule has 1 atom stereocenters. The van der Waals surface area contributed by atoms with Gasteiger partial charge in [0.2, 0.25) is 0 Å². The molecular formula is C13H16N3O3S+. The summed E-state index contributed by atoms with van der Waals surface area (Å²) in [6, 6.07) is 7.15. The lowest BCUT2D eigenvalue weighted by atomic mass is 10.4. The normalized spacial score (nSPS) is 11.8. The summed E-state index contributed by atoms with van der Waals surface area (Å²) >= 11 is 1.66. The number of hydrogen-bond acceptors (Lipinski definition) is 4. The van der Waals surface area contributed by atoms with Crippen LogP contribution in [-0.2, 0) is 11.3 Å². The highest BCUT2D eigenvalue weighted by Gasteiger charge is 2.13. The fourth-order valence-electron chi connectivity index (χ4n) is 1.69. The lowest BCUT2D eigenvalue weighted by molar-refractivity contribution is -0.885. The van der Waals surface area contributed by atoms with Crippen LogP contribution in [0.5, 0.6) is 0 Å². The van der Waals surface area contributed by atoms with E-state index in [1.165, 1.54) is 17.2 Å². The Balaban J connectivity index is 1.71. The predicted octanol–water partition coefficient (Wildman–Crippen LogP) is -0.183. The predicted molar refractivity (Wildman–Crippen MR) is 74.1 cm³/mol. The second-order valence-electron chi connectivity index (χ2n) is 4.37. The molecule has 0 saturated carbocycles. The SMILES string of the molecule is C[NH+](CC(=O)NNC(=O)c1ccco1)Cc1cccs1. The van der Waals surface area contributed by atoms with E-state index in [1.54, 1.807) is 17.4 Å². The topological polar surface area (TPSA) is 75.8 Å². The monoisotopic (exact) mass is 294 g/mol. The molecular weight excluding hydrogens is 278 g/mol. The number of furan rings is 1. The summed E-state index contributed by atoms with van der Waals surface area (Å²) in [4.78, 5) is 25.5. The summed E-state index contributed by atoms with van der Waals surface area (Å²) in [5.41, 5.74) is 4.67. The Morgan fingerprint density at radius 2 is 2.15 bits per heavy atom. The van der Waals surface area contributed by atoms with Gasteiger partial charge in [-0.3, -0.25) is 20.4 Å². The van der Waals surface area contributed by atoms with Crippen LogP contribution in [0.2, 0.25) is 0 Å². The molecule has 2 amide bonds. The molecule has 20 heavy (non-hydrogen) atoms. The van der Waals surface area contributed by atoms with Gasteiger partial charge in [-0.25, -0.2) is 0 Å². The van der Waals surface area contributed by atoms with E-state index in [2.05, 4.69) is 10.9 Å². The number of quaternary nitrogens is 1. The van der Waals surface area contributed by atoms with Crippen LogP contribution in [0.3, 0.4) is 0 Å². The van der Waals surface area contributed by atoms with Gasteiger partial charge in [0.1, 0.15) is 6.54 Å². The summed E-state index contributed by atoms with van der Waals surface area (Å²) in [6.07, 6.45) is 1.40. The molecule has 0 fully saturated rings. The number of carbonyl (C=O) groups excluding carboxylic acids is 2. The molecule has 0 bridgehead atoms. The molecule has 0 aliphatic heterocycles. The second-order valence-corrected chi connectivity index (χ2v) is 5.40. The Morgan fingerprint density at radius 3 is 2.80 bits per heavy atom.